The van der Waals surface area contributed by atoms with Gasteiger partial charge < -0.3 is 14.0 Å². The summed E-state index contributed by atoms with van der Waals surface area (Å²) in [5.41, 5.74) is 10.9. The second-order valence-corrected chi connectivity index (χ2v) is 14.2. The number of aryl methyl sites for hydroxylation is 8. The first-order chi connectivity index (χ1) is 23.4. The zero-order valence-corrected chi connectivity index (χ0v) is 32.5. The van der Waals surface area contributed by atoms with Crippen LogP contribution < -0.4 is 18.4 Å². The fourth-order valence-corrected chi connectivity index (χ4v) is 6.82. The van der Waals surface area contributed by atoms with Crippen LogP contribution in [0.1, 0.15) is 104 Å². The molecule has 0 radical (unpaired) electrons. The van der Waals surface area contributed by atoms with Crippen molar-refractivity contribution in [3.63, 3.8) is 0 Å². The van der Waals surface area contributed by atoms with Crippen LogP contribution in [0.5, 0.6) is 17.2 Å². The van der Waals surface area contributed by atoms with Crippen molar-refractivity contribution in [1.29, 1.82) is 0 Å². The fraction of sp³-hybridized carbons (Fsp3) is 0.455. The first-order valence-electron chi connectivity index (χ1n) is 18.5. The molecule has 4 aromatic carbocycles. The molecule has 0 amide bonds. The van der Waals surface area contributed by atoms with E-state index in [9.17, 15) is 0 Å². The molecule has 5 heteroatoms. The zero-order chi connectivity index (χ0) is 36.0. The van der Waals surface area contributed by atoms with Crippen molar-refractivity contribution in [2.45, 2.75) is 115 Å². The van der Waals surface area contributed by atoms with E-state index in [1.54, 1.807) is 0 Å². The highest BCUT2D eigenvalue weighted by atomic mass is 16.7. The first kappa shape index (κ1) is 39.7. The van der Waals surface area contributed by atoms with E-state index in [4.69, 9.17) is 14.0 Å². The summed E-state index contributed by atoms with van der Waals surface area (Å²) in [5, 5.41) is 0. The maximum Gasteiger partial charge on any atom is 0.864 e. The number of hydrogen-bond donors (Lipinski definition) is 0. The van der Waals surface area contributed by atoms with E-state index in [1.165, 1.54) is 66.5 Å². The number of quaternary nitrogens is 1. The zero-order valence-electron chi connectivity index (χ0n) is 32.5. The molecular formula is C44H62BNO3. The normalized spacial score (nSPS) is 11.1. The second kappa shape index (κ2) is 19.5. The SMILES string of the molecule is CCCC[N+](CCCC)(CCCC)c1c(C)cc(C)cc1OB(Oc1cc(C)cc(C)c1)Oc1cc(C)cc(C)c1.Cc1c[c-]cc(C)c1. The Kier molecular flexibility index (Phi) is 15.8. The summed E-state index contributed by atoms with van der Waals surface area (Å²) in [6, 6.07) is 26.1. The summed E-state index contributed by atoms with van der Waals surface area (Å²) in [6.07, 6.45) is 7.07. The summed E-state index contributed by atoms with van der Waals surface area (Å²) in [4.78, 5) is 0. The van der Waals surface area contributed by atoms with Gasteiger partial charge in [-0.1, -0.05) is 72.1 Å². The largest absolute Gasteiger partial charge is 0.864 e. The molecule has 49 heavy (non-hydrogen) atoms. The molecule has 0 aliphatic carbocycles. The second-order valence-electron chi connectivity index (χ2n) is 14.2. The number of benzene rings is 4. The highest BCUT2D eigenvalue weighted by molar-refractivity contribution is 6.39. The van der Waals surface area contributed by atoms with E-state index in [1.807, 2.05) is 36.4 Å². The van der Waals surface area contributed by atoms with Gasteiger partial charge in [0.1, 0.15) is 11.5 Å². The van der Waals surface area contributed by atoms with Crippen molar-refractivity contribution >= 4 is 13.0 Å². The average molecular weight is 664 g/mol. The molecule has 0 saturated heterocycles. The fourth-order valence-electron chi connectivity index (χ4n) is 6.82. The summed E-state index contributed by atoms with van der Waals surface area (Å²) in [7, 11) is -0.942. The van der Waals surface area contributed by atoms with Crippen LogP contribution >= 0.6 is 0 Å². The molecule has 4 aromatic rings. The molecule has 0 atom stereocenters. The van der Waals surface area contributed by atoms with Crippen molar-refractivity contribution in [2.24, 2.45) is 0 Å². The number of rotatable bonds is 16. The minimum absolute atomic E-state index is 0.742. The van der Waals surface area contributed by atoms with Gasteiger partial charge in [-0.15, -0.1) is 0 Å². The lowest BCUT2D eigenvalue weighted by Gasteiger charge is -2.40. The molecular weight excluding hydrogens is 601 g/mol. The van der Waals surface area contributed by atoms with Gasteiger partial charge in [0.05, 0.1) is 19.6 Å². The molecule has 4 rings (SSSR count). The van der Waals surface area contributed by atoms with Gasteiger partial charge in [0, 0.05) is 5.56 Å². The van der Waals surface area contributed by atoms with Crippen LogP contribution in [0.3, 0.4) is 0 Å². The number of hydrogen-bond acceptors (Lipinski definition) is 3. The molecule has 0 unspecified atom stereocenters. The molecule has 0 saturated carbocycles. The maximum atomic E-state index is 6.86. The monoisotopic (exact) mass is 663 g/mol. The van der Waals surface area contributed by atoms with Gasteiger partial charge in [0.15, 0.2) is 11.4 Å². The number of unbranched alkanes of at least 4 members (excludes halogenated alkanes) is 3. The van der Waals surface area contributed by atoms with Crippen LogP contribution in [0.15, 0.2) is 66.7 Å². The van der Waals surface area contributed by atoms with Crippen molar-refractivity contribution in [3.8, 4) is 17.2 Å². The quantitative estimate of drug-likeness (QED) is 0.0678. The Hall–Kier alpha value is -3.70. The predicted molar refractivity (Wildman–Crippen MR) is 211 cm³/mol. The highest BCUT2D eigenvalue weighted by Gasteiger charge is 2.38. The van der Waals surface area contributed by atoms with Gasteiger partial charge in [-0.2, -0.15) is 35.4 Å². The molecule has 0 aromatic heterocycles. The molecule has 0 spiro atoms. The Morgan fingerprint density at radius 3 is 1.24 bits per heavy atom. The Morgan fingerprint density at radius 2 is 0.878 bits per heavy atom. The van der Waals surface area contributed by atoms with Crippen LogP contribution in [0.25, 0.3) is 0 Å². The van der Waals surface area contributed by atoms with Gasteiger partial charge in [-0.3, -0.25) is 4.48 Å². The molecule has 4 nitrogen and oxygen atoms in total. The van der Waals surface area contributed by atoms with Crippen LogP contribution in [0.2, 0.25) is 0 Å². The van der Waals surface area contributed by atoms with Crippen molar-refractivity contribution < 1.29 is 14.0 Å². The number of nitrogens with zero attached hydrogens (tertiary/aromatic N) is 1. The standard InChI is InChI=1S/C36H53BNO3.C8H9/c1-10-13-16-38(17-14-11-2,18-15-12-3)36-32(9)21-31(8)26-35(36)41-37(39-33-22-27(4)19-28(5)23-33)40-34-24-29(6)20-30(7)25-34;1-7-4-3-5-8(2)6-7/h19-26H,10-18H2,1-9H3;4-6H,1-2H3/q+1;-1. The summed E-state index contributed by atoms with van der Waals surface area (Å²) < 4.78 is 20.8. The third-order valence-corrected chi connectivity index (χ3v) is 8.86. The van der Waals surface area contributed by atoms with E-state index >= 15 is 0 Å². The van der Waals surface area contributed by atoms with Crippen LogP contribution in [0.4, 0.5) is 5.69 Å². The third-order valence-electron chi connectivity index (χ3n) is 8.86. The Morgan fingerprint density at radius 1 is 0.490 bits per heavy atom. The van der Waals surface area contributed by atoms with Gasteiger partial charge in [-0.25, -0.2) is 0 Å². The van der Waals surface area contributed by atoms with Crippen LogP contribution in [-0.4, -0.2) is 27.0 Å². The van der Waals surface area contributed by atoms with Crippen LogP contribution in [0, 0.1) is 61.5 Å². The topological polar surface area (TPSA) is 27.7 Å². The van der Waals surface area contributed by atoms with E-state index in [0.717, 1.165) is 63.6 Å². The summed E-state index contributed by atoms with van der Waals surface area (Å²) in [5.74, 6) is 2.35. The molecule has 264 valence electrons. The van der Waals surface area contributed by atoms with E-state index in [-0.39, 0.29) is 0 Å². The minimum Gasteiger partial charge on any atom is -0.490 e. The van der Waals surface area contributed by atoms with Gasteiger partial charge in [0.2, 0.25) is 0 Å². The summed E-state index contributed by atoms with van der Waals surface area (Å²) in [6.45, 7) is 27.1. The maximum absolute atomic E-state index is 6.86. The third kappa shape index (κ3) is 12.6. The van der Waals surface area contributed by atoms with E-state index in [0.29, 0.717) is 0 Å². The molecule has 0 heterocycles. The lowest BCUT2D eigenvalue weighted by atomic mass is 10.0. The Bertz CT molecular complexity index is 1480. The molecule has 0 aliphatic heterocycles. The molecule has 0 fully saturated rings. The average Bonchev–Trinajstić information content (AvgIpc) is 3.00. The Balaban J connectivity index is 0.000000710. The van der Waals surface area contributed by atoms with Gasteiger partial charge >= 0.3 is 7.32 Å². The molecule has 0 bridgehead atoms. The van der Waals surface area contributed by atoms with Crippen molar-refractivity contribution in [1.82, 2.24) is 4.48 Å². The van der Waals surface area contributed by atoms with E-state index in [2.05, 4.69) is 113 Å². The van der Waals surface area contributed by atoms with E-state index < -0.39 is 7.32 Å². The smallest absolute Gasteiger partial charge is 0.490 e. The van der Waals surface area contributed by atoms with Gasteiger partial charge in [0.25, 0.3) is 0 Å². The molecule has 0 N–H and O–H groups in total. The van der Waals surface area contributed by atoms with Crippen LogP contribution in [-0.2, 0) is 0 Å². The van der Waals surface area contributed by atoms with Gasteiger partial charge in [-0.05, 0) is 119 Å². The minimum atomic E-state index is -0.942. The highest BCUT2D eigenvalue weighted by Crippen LogP contribution is 2.40. The lowest BCUT2D eigenvalue weighted by molar-refractivity contribution is 0.247. The lowest BCUT2D eigenvalue weighted by Crippen LogP contribution is -2.52. The van der Waals surface area contributed by atoms with Crippen molar-refractivity contribution in [2.75, 3.05) is 19.6 Å². The Labute approximate surface area is 299 Å². The van der Waals surface area contributed by atoms with Crippen molar-refractivity contribution in [3.05, 3.63) is 117 Å². The first-order valence-corrected chi connectivity index (χ1v) is 18.5. The predicted octanol–water partition coefficient (Wildman–Crippen LogP) is 11.9. The summed E-state index contributed by atoms with van der Waals surface area (Å²) >= 11 is 0. The molecule has 0 aliphatic rings.